The minimum absolute atomic E-state index is 0.0123. The van der Waals surface area contributed by atoms with Crippen molar-refractivity contribution in [2.45, 2.75) is 6.42 Å². The Hall–Kier alpha value is -2.14. The lowest BCUT2D eigenvalue weighted by Crippen LogP contribution is -2.38. The van der Waals surface area contributed by atoms with Crippen molar-refractivity contribution < 1.29 is 24.3 Å². The molecule has 0 bridgehead atoms. The number of aromatic amines is 1. The molecule has 7 N–H and O–H groups in total. The van der Waals surface area contributed by atoms with Crippen LogP contribution >= 0.6 is 7.60 Å². The van der Waals surface area contributed by atoms with Crippen LogP contribution in [-0.2, 0) is 9.36 Å². The standard InChI is InChI=1S/C12H21N6O6P/c13-12-15-10-9(11(21)16-12)14-7-18(10)4-3-17(2-1-8(19)20)5-6-25(22,23)24/h14H,1-7H2,(H,19,20)(H2,22,23,24)(H3,13,15,16,21). The quantitative estimate of drug-likeness (QED) is 0.275. The molecule has 1 aromatic rings. The number of nitrogen functional groups attached to an aromatic ring is 1. The fourth-order valence-corrected chi connectivity index (χ4v) is 2.97. The first-order valence-corrected chi connectivity index (χ1v) is 9.33. The highest BCUT2D eigenvalue weighted by Crippen LogP contribution is 2.33. The van der Waals surface area contributed by atoms with Crippen molar-refractivity contribution in [2.24, 2.45) is 0 Å². The monoisotopic (exact) mass is 376 g/mol. The first-order valence-electron chi connectivity index (χ1n) is 7.53. The van der Waals surface area contributed by atoms with Crippen molar-refractivity contribution in [1.82, 2.24) is 14.9 Å². The van der Waals surface area contributed by atoms with Crippen molar-refractivity contribution in [2.75, 3.05) is 55.0 Å². The molecular formula is C12H21N6O6P. The van der Waals surface area contributed by atoms with E-state index in [4.69, 9.17) is 20.6 Å². The minimum atomic E-state index is -4.17. The lowest BCUT2D eigenvalue weighted by Gasteiger charge is -2.25. The summed E-state index contributed by atoms with van der Waals surface area (Å²) < 4.78 is 11.0. The number of anilines is 3. The molecule has 0 atom stereocenters. The number of H-pyrrole nitrogens is 1. The zero-order chi connectivity index (χ0) is 18.6. The van der Waals surface area contributed by atoms with Gasteiger partial charge in [-0.25, -0.2) is 0 Å². The average Bonchev–Trinajstić information content (AvgIpc) is 2.88. The zero-order valence-corrected chi connectivity index (χ0v) is 14.3. The molecule has 2 rings (SSSR count). The Morgan fingerprint density at radius 3 is 2.72 bits per heavy atom. The van der Waals surface area contributed by atoms with E-state index in [0.29, 0.717) is 31.3 Å². The fourth-order valence-electron chi connectivity index (χ4n) is 2.42. The van der Waals surface area contributed by atoms with E-state index in [0.717, 1.165) is 0 Å². The van der Waals surface area contributed by atoms with Crippen LogP contribution in [0.5, 0.6) is 0 Å². The fraction of sp³-hybridized carbons (Fsp3) is 0.583. The number of aromatic nitrogens is 2. The Balaban J connectivity index is 2.00. The maximum absolute atomic E-state index is 11.8. The Morgan fingerprint density at radius 2 is 2.08 bits per heavy atom. The Kier molecular flexibility index (Phi) is 6.01. The van der Waals surface area contributed by atoms with Crippen LogP contribution in [0.4, 0.5) is 17.5 Å². The van der Waals surface area contributed by atoms with Gasteiger partial charge in [0.1, 0.15) is 5.69 Å². The van der Waals surface area contributed by atoms with E-state index in [1.54, 1.807) is 9.80 Å². The van der Waals surface area contributed by atoms with Crippen molar-refractivity contribution >= 4 is 31.0 Å². The van der Waals surface area contributed by atoms with Gasteiger partial charge < -0.3 is 35.7 Å². The molecule has 0 fully saturated rings. The summed E-state index contributed by atoms with van der Waals surface area (Å²) in [4.78, 5) is 50.4. The van der Waals surface area contributed by atoms with Crippen molar-refractivity contribution in [1.29, 1.82) is 0 Å². The van der Waals surface area contributed by atoms with E-state index >= 15 is 0 Å². The lowest BCUT2D eigenvalue weighted by molar-refractivity contribution is -0.137. The van der Waals surface area contributed by atoms with Crippen LogP contribution in [0, 0.1) is 0 Å². The largest absolute Gasteiger partial charge is 0.481 e. The van der Waals surface area contributed by atoms with Gasteiger partial charge in [-0.15, -0.1) is 0 Å². The Labute approximate surface area is 142 Å². The molecule has 2 heterocycles. The number of carboxylic acid groups (broad SMARTS) is 1. The summed E-state index contributed by atoms with van der Waals surface area (Å²) in [5, 5.41) is 11.7. The normalized spacial score (nSPS) is 13.8. The van der Waals surface area contributed by atoms with Crippen molar-refractivity contribution in [3.63, 3.8) is 0 Å². The Bertz CT molecular complexity index is 733. The number of nitrogens with zero attached hydrogens (tertiary/aromatic N) is 3. The molecule has 0 saturated heterocycles. The zero-order valence-electron chi connectivity index (χ0n) is 13.4. The maximum Gasteiger partial charge on any atom is 0.326 e. The number of hydrogen-bond donors (Lipinski definition) is 6. The molecule has 25 heavy (non-hydrogen) atoms. The van der Waals surface area contributed by atoms with Gasteiger partial charge in [0, 0.05) is 26.2 Å². The van der Waals surface area contributed by atoms with Gasteiger partial charge in [-0.05, 0) is 0 Å². The number of nitrogens with one attached hydrogen (secondary N) is 2. The van der Waals surface area contributed by atoms with E-state index in [1.165, 1.54) is 0 Å². The molecule has 0 aliphatic carbocycles. The number of nitrogens with two attached hydrogens (primary N) is 1. The van der Waals surface area contributed by atoms with Crippen LogP contribution in [0.3, 0.4) is 0 Å². The van der Waals surface area contributed by atoms with Gasteiger partial charge in [-0.1, -0.05) is 0 Å². The first kappa shape index (κ1) is 19.2. The van der Waals surface area contributed by atoms with Crippen LogP contribution < -0.4 is 21.5 Å². The molecule has 0 radical (unpaired) electrons. The molecule has 1 aliphatic heterocycles. The summed E-state index contributed by atoms with van der Waals surface area (Å²) >= 11 is 0. The molecule has 140 valence electrons. The molecule has 13 heteroatoms. The van der Waals surface area contributed by atoms with E-state index in [-0.39, 0.29) is 37.2 Å². The van der Waals surface area contributed by atoms with Gasteiger partial charge >= 0.3 is 13.6 Å². The molecule has 0 aromatic carbocycles. The third kappa shape index (κ3) is 5.71. The highest BCUT2D eigenvalue weighted by molar-refractivity contribution is 7.51. The van der Waals surface area contributed by atoms with E-state index < -0.39 is 13.6 Å². The predicted octanol–water partition coefficient (Wildman–Crippen LogP) is -1.50. The number of rotatable bonds is 9. The molecule has 12 nitrogen and oxygen atoms in total. The van der Waals surface area contributed by atoms with Gasteiger partial charge in [0.2, 0.25) is 5.95 Å². The summed E-state index contributed by atoms with van der Waals surface area (Å²) in [6.07, 6.45) is -0.493. The molecule has 0 saturated carbocycles. The topological polar surface area (TPSA) is 185 Å². The van der Waals surface area contributed by atoms with Crippen LogP contribution in [0.15, 0.2) is 4.79 Å². The van der Waals surface area contributed by atoms with Gasteiger partial charge in [0.05, 0.1) is 19.3 Å². The SMILES string of the molecule is Nc1nc2c(c(=O)[nH]1)NCN2CCN(CCC(=O)O)CCP(=O)(O)O. The molecule has 1 aromatic heterocycles. The smallest absolute Gasteiger partial charge is 0.326 e. The molecule has 0 amide bonds. The number of fused-ring (bicyclic) bond motifs is 1. The second-order valence-electron chi connectivity index (χ2n) is 5.62. The average molecular weight is 376 g/mol. The summed E-state index contributed by atoms with van der Waals surface area (Å²) in [5.74, 6) is -0.605. The molecule has 0 unspecified atom stereocenters. The second kappa shape index (κ2) is 7.83. The van der Waals surface area contributed by atoms with Crippen molar-refractivity contribution in [3.05, 3.63) is 10.4 Å². The van der Waals surface area contributed by atoms with E-state index in [9.17, 15) is 14.2 Å². The number of carbonyl (C=O) groups is 1. The third-order valence-electron chi connectivity index (χ3n) is 3.70. The first-order chi connectivity index (χ1) is 11.7. The van der Waals surface area contributed by atoms with Crippen LogP contribution in [-0.4, -0.2) is 74.7 Å². The second-order valence-corrected chi connectivity index (χ2v) is 7.40. The molecule has 1 aliphatic rings. The maximum atomic E-state index is 11.8. The minimum Gasteiger partial charge on any atom is -0.481 e. The van der Waals surface area contributed by atoms with Gasteiger partial charge in [0.15, 0.2) is 5.82 Å². The predicted molar refractivity (Wildman–Crippen MR) is 90.7 cm³/mol. The number of carboxylic acids is 1. The summed E-state index contributed by atoms with van der Waals surface area (Å²) in [6.45, 7) is 1.30. The lowest BCUT2D eigenvalue weighted by atomic mass is 10.3. The van der Waals surface area contributed by atoms with Crippen LogP contribution in [0.2, 0.25) is 0 Å². The summed E-state index contributed by atoms with van der Waals surface area (Å²) in [6, 6.07) is 0. The summed E-state index contributed by atoms with van der Waals surface area (Å²) in [5.41, 5.74) is 5.47. The number of hydrogen-bond acceptors (Lipinski definition) is 8. The van der Waals surface area contributed by atoms with Crippen LogP contribution in [0.1, 0.15) is 6.42 Å². The third-order valence-corrected chi connectivity index (χ3v) is 4.48. The Morgan fingerprint density at radius 1 is 1.36 bits per heavy atom. The van der Waals surface area contributed by atoms with Gasteiger partial charge in [-0.2, -0.15) is 4.98 Å². The number of aliphatic carboxylic acids is 1. The van der Waals surface area contributed by atoms with Gasteiger partial charge in [0.25, 0.3) is 5.56 Å². The summed E-state index contributed by atoms with van der Waals surface area (Å²) in [7, 11) is -4.17. The molecule has 0 spiro atoms. The highest BCUT2D eigenvalue weighted by Gasteiger charge is 2.24. The molecular weight excluding hydrogens is 355 g/mol. The van der Waals surface area contributed by atoms with Crippen molar-refractivity contribution in [3.8, 4) is 0 Å². The van der Waals surface area contributed by atoms with E-state index in [2.05, 4.69) is 15.3 Å². The highest BCUT2D eigenvalue weighted by atomic mass is 31.2. The van der Waals surface area contributed by atoms with Crippen LogP contribution in [0.25, 0.3) is 0 Å². The van der Waals surface area contributed by atoms with E-state index in [1.807, 2.05) is 0 Å². The van der Waals surface area contributed by atoms with Gasteiger partial charge in [-0.3, -0.25) is 19.1 Å².